The van der Waals surface area contributed by atoms with E-state index >= 15 is 0 Å². The first-order valence-electron chi connectivity index (χ1n) is 6.78. The van der Waals surface area contributed by atoms with Crippen molar-refractivity contribution in [2.24, 2.45) is 5.92 Å². The Morgan fingerprint density at radius 3 is 2.59 bits per heavy atom. The van der Waals surface area contributed by atoms with Crippen LogP contribution >= 0.6 is 0 Å². The lowest BCUT2D eigenvalue weighted by molar-refractivity contribution is -0.132. The van der Waals surface area contributed by atoms with E-state index in [1.165, 1.54) is 32.1 Å². The minimum absolute atomic E-state index is 0.427. The summed E-state index contributed by atoms with van der Waals surface area (Å²) < 4.78 is 0. The molecule has 1 unspecified atom stereocenters. The summed E-state index contributed by atoms with van der Waals surface area (Å²) in [5.41, 5.74) is 0.427. The van der Waals surface area contributed by atoms with E-state index in [0.29, 0.717) is 18.2 Å². The molecule has 1 aliphatic carbocycles. The zero-order chi connectivity index (χ0) is 12.7. The number of aliphatic carboxylic acids is 1. The maximum atomic E-state index is 10.7. The van der Waals surface area contributed by atoms with E-state index in [0.717, 1.165) is 12.3 Å². The Hall–Kier alpha value is -0.830. The van der Waals surface area contributed by atoms with Crippen molar-refractivity contribution in [3.05, 3.63) is 11.6 Å². The molecule has 3 heteroatoms. The van der Waals surface area contributed by atoms with Crippen molar-refractivity contribution in [3.63, 3.8) is 0 Å². The lowest BCUT2D eigenvalue weighted by atomic mass is 9.83. The van der Waals surface area contributed by atoms with Gasteiger partial charge in [0, 0.05) is 18.2 Å². The molecule has 3 nitrogen and oxygen atoms in total. The van der Waals surface area contributed by atoms with Crippen molar-refractivity contribution in [3.8, 4) is 0 Å². The fourth-order valence-electron chi connectivity index (χ4n) is 2.63. The summed E-state index contributed by atoms with van der Waals surface area (Å²) in [7, 11) is 0. The molecule has 98 valence electrons. The SMILES string of the molecule is CCC(NC/C=C(/C)C(=O)O)C1CCCCC1. The van der Waals surface area contributed by atoms with Crippen LogP contribution in [0.3, 0.4) is 0 Å². The first-order chi connectivity index (χ1) is 8.15. The summed E-state index contributed by atoms with van der Waals surface area (Å²) in [6.07, 6.45) is 9.64. The molecule has 1 rings (SSSR count). The molecule has 0 saturated heterocycles. The molecule has 0 amide bonds. The average Bonchev–Trinajstić information content (AvgIpc) is 2.35. The molecule has 0 heterocycles. The molecule has 0 aromatic rings. The van der Waals surface area contributed by atoms with Crippen LogP contribution in [0.2, 0.25) is 0 Å². The van der Waals surface area contributed by atoms with Crippen LogP contribution in [-0.4, -0.2) is 23.7 Å². The van der Waals surface area contributed by atoms with Gasteiger partial charge in [-0.25, -0.2) is 4.79 Å². The van der Waals surface area contributed by atoms with Crippen molar-refractivity contribution in [2.45, 2.75) is 58.4 Å². The van der Waals surface area contributed by atoms with Crippen molar-refractivity contribution >= 4 is 5.97 Å². The smallest absolute Gasteiger partial charge is 0.330 e. The van der Waals surface area contributed by atoms with Gasteiger partial charge < -0.3 is 10.4 Å². The molecular weight excluding hydrogens is 214 g/mol. The maximum absolute atomic E-state index is 10.7. The third-order valence-electron chi connectivity index (χ3n) is 3.78. The number of nitrogens with one attached hydrogen (secondary N) is 1. The van der Waals surface area contributed by atoms with Gasteiger partial charge in [-0.2, -0.15) is 0 Å². The van der Waals surface area contributed by atoms with E-state index in [4.69, 9.17) is 5.11 Å². The molecule has 0 radical (unpaired) electrons. The third kappa shape index (κ3) is 4.90. The molecule has 1 atom stereocenters. The fourth-order valence-corrected chi connectivity index (χ4v) is 2.63. The Morgan fingerprint density at radius 1 is 1.41 bits per heavy atom. The highest BCUT2D eigenvalue weighted by molar-refractivity contribution is 5.85. The average molecular weight is 239 g/mol. The summed E-state index contributed by atoms with van der Waals surface area (Å²) in [5.74, 6) is -0.0372. The summed E-state index contributed by atoms with van der Waals surface area (Å²) in [5, 5.41) is 12.2. The Kier molecular flexibility index (Phi) is 6.27. The number of carbonyl (C=O) groups is 1. The maximum Gasteiger partial charge on any atom is 0.330 e. The molecule has 1 saturated carbocycles. The number of rotatable bonds is 6. The molecule has 0 aliphatic heterocycles. The van der Waals surface area contributed by atoms with Crippen molar-refractivity contribution in [1.82, 2.24) is 5.32 Å². The Balaban J connectivity index is 2.36. The summed E-state index contributed by atoms with van der Waals surface area (Å²) in [6.45, 7) is 4.53. The molecule has 0 aromatic carbocycles. The van der Waals surface area contributed by atoms with E-state index in [1.54, 1.807) is 13.0 Å². The van der Waals surface area contributed by atoms with Crippen LogP contribution in [0.4, 0.5) is 0 Å². The van der Waals surface area contributed by atoms with Crippen LogP contribution in [0.5, 0.6) is 0 Å². The van der Waals surface area contributed by atoms with Crippen LogP contribution in [0.15, 0.2) is 11.6 Å². The van der Waals surface area contributed by atoms with Crippen LogP contribution in [0.1, 0.15) is 52.4 Å². The minimum atomic E-state index is -0.822. The van der Waals surface area contributed by atoms with Gasteiger partial charge in [-0.1, -0.05) is 32.3 Å². The number of hydrogen-bond donors (Lipinski definition) is 2. The van der Waals surface area contributed by atoms with Gasteiger partial charge in [0.25, 0.3) is 0 Å². The Labute approximate surface area is 104 Å². The molecule has 0 aromatic heterocycles. The second kappa shape index (κ2) is 7.49. The second-order valence-corrected chi connectivity index (χ2v) is 5.01. The third-order valence-corrected chi connectivity index (χ3v) is 3.78. The van der Waals surface area contributed by atoms with Gasteiger partial charge in [0.2, 0.25) is 0 Å². The zero-order valence-corrected chi connectivity index (χ0v) is 11.0. The van der Waals surface area contributed by atoms with E-state index in [9.17, 15) is 4.79 Å². The molecule has 1 aliphatic rings. The van der Waals surface area contributed by atoms with Crippen LogP contribution < -0.4 is 5.32 Å². The van der Waals surface area contributed by atoms with Gasteiger partial charge in [0.05, 0.1) is 0 Å². The van der Waals surface area contributed by atoms with Crippen molar-refractivity contribution < 1.29 is 9.90 Å². The fraction of sp³-hybridized carbons (Fsp3) is 0.786. The summed E-state index contributed by atoms with van der Waals surface area (Å²) in [6, 6.07) is 0.549. The molecule has 17 heavy (non-hydrogen) atoms. The molecule has 0 spiro atoms. The van der Waals surface area contributed by atoms with Gasteiger partial charge in [-0.15, -0.1) is 0 Å². The van der Waals surface area contributed by atoms with E-state index in [1.807, 2.05) is 0 Å². The highest BCUT2D eigenvalue weighted by atomic mass is 16.4. The standard InChI is InChI=1S/C14H25NO2/c1-3-13(12-7-5-4-6-8-12)15-10-9-11(2)14(16)17/h9,12-13,15H,3-8,10H2,1-2H3,(H,16,17)/b11-9-. The van der Waals surface area contributed by atoms with Crippen LogP contribution in [-0.2, 0) is 4.79 Å². The van der Waals surface area contributed by atoms with Gasteiger partial charge >= 0.3 is 5.97 Å². The van der Waals surface area contributed by atoms with Crippen LogP contribution in [0, 0.1) is 5.92 Å². The normalized spacial score (nSPS) is 20.2. The minimum Gasteiger partial charge on any atom is -0.478 e. The number of carboxylic acid groups (broad SMARTS) is 1. The zero-order valence-electron chi connectivity index (χ0n) is 11.0. The largest absolute Gasteiger partial charge is 0.478 e. The summed E-state index contributed by atoms with van der Waals surface area (Å²) >= 11 is 0. The van der Waals surface area contributed by atoms with Gasteiger partial charge in [0.15, 0.2) is 0 Å². The molecule has 1 fully saturated rings. The van der Waals surface area contributed by atoms with Gasteiger partial charge in [-0.05, 0) is 32.1 Å². The quantitative estimate of drug-likeness (QED) is 0.701. The van der Waals surface area contributed by atoms with E-state index in [-0.39, 0.29) is 0 Å². The van der Waals surface area contributed by atoms with Gasteiger partial charge in [-0.3, -0.25) is 0 Å². The van der Waals surface area contributed by atoms with Crippen molar-refractivity contribution in [1.29, 1.82) is 0 Å². The first kappa shape index (κ1) is 14.2. The number of hydrogen-bond acceptors (Lipinski definition) is 2. The second-order valence-electron chi connectivity index (χ2n) is 5.01. The predicted molar refractivity (Wildman–Crippen MR) is 70.0 cm³/mol. The molecular formula is C14H25NO2. The Morgan fingerprint density at radius 2 is 2.06 bits per heavy atom. The van der Waals surface area contributed by atoms with Gasteiger partial charge in [0.1, 0.15) is 0 Å². The van der Waals surface area contributed by atoms with Crippen molar-refractivity contribution in [2.75, 3.05) is 6.54 Å². The Bertz CT molecular complexity index is 267. The first-order valence-corrected chi connectivity index (χ1v) is 6.78. The predicted octanol–water partition coefficient (Wildman–Crippen LogP) is 2.97. The molecule has 0 bridgehead atoms. The lowest BCUT2D eigenvalue weighted by Gasteiger charge is -2.30. The monoisotopic (exact) mass is 239 g/mol. The lowest BCUT2D eigenvalue weighted by Crippen LogP contribution is -2.37. The number of carboxylic acids is 1. The van der Waals surface area contributed by atoms with E-state index < -0.39 is 5.97 Å². The van der Waals surface area contributed by atoms with Crippen LogP contribution in [0.25, 0.3) is 0 Å². The van der Waals surface area contributed by atoms with E-state index in [2.05, 4.69) is 12.2 Å². The highest BCUT2D eigenvalue weighted by Gasteiger charge is 2.21. The summed E-state index contributed by atoms with van der Waals surface area (Å²) in [4.78, 5) is 10.7. The topological polar surface area (TPSA) is 49.3 Å². The highest BCUT2D eigenvalue weighted by Crippen LogP contribution is 2.27. The molecule has 2 N–H and O–H groups in total.